The van der Waals surface area contributed by atoms with Crippen LogP contribution in [0.25, 0.3) is 0 Å². The molecule has 0 aliphatic heterocycles. The maximum absolute atomic E-state index is 12.2. The molecule has 0 aliphatic carbocycles. The fourth-order valence-electron chi connectivity index (χ4n) is 1.98. The van der Waals surface area contributed by atoms with Crippen molar-refractivity contribution >= 4 is 35.6 Å². The van der Waals surface area contributed by atoms with E-state index in [1.54, 1.807) is 6.92 Å². The summed E-state index contributed by atoms with van der Waals surface area (Å²) in [5.74, 6) is -4.95. The number of aliphatic imine (C=N–C) groups is 1. The van der Waals surface area contributed by atoms with Crippen LogP contribution in [0.2, 0.25) is 0 Å². The number of nitrogens with two attached hydrogens (primary N) is 2. The fourth-order valence-corrected chi connectivity index (χ4v) is 1.98. The largest absolute Gasteiger partial charge is 0.481 e. The van der Waals surface area contributed by atoms with E-state index < -0.39 is 48.8 Å². The van der Waals surface area contributed by atoms with Crippen LogP contribution in [0.15, 0.2) is 4.99 Å². The first-order valence-corrected chi connectivity index (χ1v) is 8.43. The smallest absolute Gasteiger partial charge is 0.326 e. The van der Waals surface area contributed by atoms with Gasteiger partial charge >= 0.3 is 11.9 Å². The SMILES string of the molecule is CCC(=O)NC(CCCN=C(N)N)C(=O)NCC(=O)NC(CC(=O)O)C(=O)O. The highest BCUT2D eigenvalue weighted by Crippen LogP contribution is 2.00. The van der Waals surface area contributed by atoms with Crippen molar-refractivity contribution in [2.75, 3.05) is 13.1 Å². The standard InChI is InChI=1S/C15H26N6O7/c1-2-10(22)20-8(4-3-5-18-15(16)17)13(26)19-7-11(23)21-9(14(27)28)6-12(24)25/h8-9H,2-7H2,1H3,(H,19,26)(H,20,22)(H,21,23)(H,24,25)(H,27,28)(H4,16,17,18). The Balaban J connectivity index is 4.70. The molecule has 0 saturated carbocycles. The number of aliphatic carboxylic acids is 2. The Morgan fingerprint density at radius 1 is 1.00 bits per heavy atom. The summed E-state index contributed by atoms with van der Waals surface area (Å²) in [7, 11) is 0. The summed E-state index contributed by atoms with van der Waals surface area (Å²) >= 11 is 0. The third-order valence-corrected chi connectivity index (χ3v) is 3.35. The molecule has 13 nitrogen and oxygen atoms in total. The number of carbonyl (C=O) groups is 5. The Kier molecular flexibility index (Phi) is 11.3. The van der Waals surface area contributed by atoms with Crippen LogP contribution in [-0.2, 0) is 24.0 Å². The molecule has 0 radical (unpaired) electrons. The zero-order valence-corrected chi connectivity index (χ0v) is 15.4. The zero-order chi connectivity index (χ0) is 21.7. The minimum Gasteiger partial charge on any atom is -0.481 e. The summed E-state index contributed by atoms with van der Waals surface area (Å²) in [6.45, 7) is 1.25. The Labute approximate surface area is 160 Å². The maximum atomic E-state index is 12.2. The van der Waals surface area contributed by atoms with Crippen molar-refractivity contribution in [1.29, 1.82) is 0 Å². The molecular formula is C15H26N6O7. The van der Waals surface area contributed by atoms with Gasteiger partial charge in [-0.05, 0) is 12.8 Å². The van der Waals surface area contributed by atoms with Crippen LogP contribution in [0.3, 0.4) is 0 Å². The molecule has 0 saturated heterocycles. The van der Waals surface area contributed by atoms with Gasteiger partial charge in [0.15, 0.2) is 5.96 Å². The zero-order valence-electron chi connectivity index (χ0n) is 15.4. The second kappa shape index (κ2) is 12.9. The normalized spacial score (nSPS) is 12.2. The van der Waals surface area contributed by atoms with Crippen LogP contribution >= 0.6 is 0 Å². The monoisotopic (exact) mass is 402 g/mol. The quantitative estimate of drug-likeness (QED) is 0.0950. The van der Waals surface area contributed by atoms with Gasteiger partial charge < -0.3 is 37.6 Å². The molecule has 0 aromatic heterocycles. The van der Waals surface area contributed by atoms with E-state index in [1.165, 1.54) is 0 Å². The molecule has 0 heterocycles. The van der Waals surface area contributed by atoms with Gasteiger partial charge in [0, 0.05) is 13.0 Å². The molecule has 0 aromatic carbocycles. The van der Waals surface area contributed by atoms with E-state index in [9.17, 15) is 24.0 Å². The molecule has 158 valence electrons. The topological polar surface area (TPSA) is 226 Å². The Morgan fingerprint density at radius 2 is 1.61 bits per heavy atom. The number of nitrogens with one attached hydrogen (secondary N) is 3. The highest BCUT2D eigenvalue weighted by molar-refractivity contribution is 5.92. The highest BCUT2D eigenvalue weighted by Gasteiger charge is 2.24. The first-order chi connectivity index (χ1) is 13.1. The van der Waals surface area contributed by atoms with Gasteiger partial charge in [0.2, 0.25) is 17.7 Å². The lowest BCUT2D eigenvalue weighted by Crippen LogP contribution is -2.51. The van der Waals surface area contributed by atoms with E-state index in [1.807, 2.05) is 5.32 Å². The van der Waals surface area contributed by atoms with Crippen molar-refractivity contribution in [3.8, 4) is 0 Å². The number of guanidine groups is 1. The molecule has 13 heteroatoms. The van der Waals surface area contributed by atoms with Crippen LogP contribution in [0, 0.1) is 0 Å². The van der Waals surface area contributed by atoms with Gasteiger partial charge in [0.05, 0.1) is 13.0 Å². The number of hydrogen-bond acceptors (Lipinski definition) is 6. The van der Waals surface area contributed by atoms with E-state index in [-0.39, 0.29) is 31.3 Å². The van der Waals surface area contributed by atoms with Crippen molar-refractivity contribution in [2.45, 2.75) is 44.7 Å². The number of rotatable bonds is 13. The van der Waals surface area contributed by atoms with Gasteiger partial charge in [-0.2, -0.15) is 0 Å². The van der Waals surface area contributed by atoms with Crippen molar-refractivity contribution in [3.63, 3.8) is 0 Å². The van der Waals surface area contributed by atoms with Crippen LogP contribution in [0.5, 0.6) is 0 Å². The highest BCUT2D eigenvalue weighted by atomic mass is 16.4. The van der Waals surface area contributed by atoms with E-state index in [0.29, 0.717) is 6.42 Å². The second-order valence-corrected chi connectivity index (χ2v) is 5.70. The molecule has 2 unspecified atom stereocenters. The third-order valence-electron chi connectivity index (χ3n) is 3.35. The minimum absolute atomic E-state index is 0.107. The summed E-state index contributed by atoms with van der Waals surface area (Å²) in [4.78, 5) is 60.8. The van der Waals surface area contributed by atoms with Gasteiger partial charge in [-0.3, -0.25) is 24.2 Å². The predicted molar refractivity (Wildman–Crippen MR) is 97.0 cm³/mol. The van der Waals surface area contributed by atoms with E-state index in [0.717, 1.165) is 0 Å². The lowest BCUT2D eigenvalue weighted by atomic mass is 10.1. The number of nitrogens with zero attached hydrogens (tertiary/aromatic N) is 1. The van der Waals surface area contributed by atoms with Crippen LogP contribution in [-0.4, -0.2) is 71.0 Å². The number of amides is 3. The molecule has 3 amide bonds. The number of carboxylic acid groups (broad SMARTS) is 2. The number of carboxylic acids is 2. The molecule has 9 N–H and O–H groups in total. The molecule has 0 rings (SSSR count). The van der Waals surface area contributed by atoms with Crippen molar-refractivity contribution in [3.05, 3.63) is 0 Å². The molecule has 2 atom stereocenters. The fraction of sp³-hybridized carbons (Fsp3) is 0.600. The van der Waals surface area contributed by atoms with Crippen molar-refractivity contribution in [2.24, 2.45) is 16.5 Å². The maximum Gasteiger partial charge on any atom is 0.326 e. The number of carbonyl (C=O) groups excluding carboxylic acids is 3. The van der Waals surface area contributed by atoms with Gasteiger partial charge in [0.1, 0.15) is 12.1 Å². The first-order valence-electron chi connectivity index (χ1n) is 8.43. The lowest BCUT2D eigenvalue weighted by Gasteiger charge is -2.18. The molecular weight excluding hydrogens is 376 g/mol. The predicted octanol–water partition coefficient (Wildman–Crippen LogP) is -2.90. The Bertz CT molecular complexity index is 618. The molecule has 0 spiro atoms. The Hall–Kier alpha value is -3.38. The van der Waals surface area contributed by atoms with Crippen LogP contribution < -0.4 is 27.4 Å². The Morgan fingerprint density at radius 3 is 2.11 bits per heavy atom. The average Bonchev–Trinajstić information content (AvgIpc) is 2.60. The van der Waals surface area contributed by atoms with Crippen LogP contribution in [0.1, 0.15) is 32.6 Å². The minimum atomic E-state index is -1.63. The summed E-state index contributed by atoms with van der Waals surface area (Å²) in [6, 6.07) is -2.57. The summed E-state index contributed by atoms with van der Waals surface area (Å²) in [6.07, 6.45) is -0.0821. The molecule has 28 heavy (non-hydrogen) atoms. The molecule has 0 aromatic rings. The lowest BCUT2D eigenvalue weighted by molar-refractivity contribution is -0.147. The van der Waals surface area contributed by atoms with Crippen molar-refractivity contribution < 1.29 is 34.2 Å². The van der Waals surface area contributed by atoms with Gasteiger partial charge in [-0.25, -0.2) is 4.79 Å². The van der Waals surface area contributed by atoms with Gasteiger partial charge in [-0.15, -0.1) is 0 Å². The van der Waals surface area contributed by atoms with Crippen molar-refractivity contribution in [1.82, 2.24) is 16.0 Å². The second-order valence-electron chi connectivity index (χ2n) is 5.70. The first kappa shape index (κ1) is 24.6. The van der Waals surface area contributed by atoms with Gasteiger partial charge in [0.25, 0.3) is 0 Å². The van der Waals surface area contributed by atoms with E-state index >= 15 is 0 Å². The average molecular weight is 402 g/mol. The van der Waals surface area contributed by atoms with E-state index in [2.05, 4.69) is 15.6 Å². The molecule has 0 fully saturated rings. The van der Waals surface area contributed by atoms with E-state index in [4.69, 9.17) is 21.7 Å². The summed E-state index contributed by atoms with van der Waals surface area (Å²) in [5, 5.41) is 24.3. The summed E-state index contributed by atoms with van der Waals surface area (Å²) < 4.78 is 0. The van der Waals surface area contributed by atoms with Gasteiger partial charge in [-0.1, -0.05) is 6.92 Å². The molecule has 0 bridgehead atoms. The van der Waals surface area contributed by atoms with Crippen LogP contribution in [0.4, 0.5) is 0 Å². The molecule has 0 aliphatic rings. The third kappa shape index (κ3) is 11.3. The summed E-state index contributed by atoms with van der Waals surface area (Å²) in [5.41, 5.74) is 10.4. The number of hydrogen-bond donors (Lipinski definition) is 7.